The molecule has 0 spiro atoms. The third kappa shape index (κ3) is 3.93. The summed E-state index contributed by atoms with van der Waals surface area (Å²) < 4.78 is 0. The van der Waals surface area contributed by atoms with Gasteiger partial charge in [0.25, 0.3) is 0 Å². The monoisotopic (exact) mass is 297 g/mol. The quantitative estimate of drug-likeness (QED) is 0.939. The normalized spacial score (nSPS) is 15.4. The van der Waals surface area contributed by atoms with Crippen molar-refractivity contribution >= 4 is 11.6 Å². The van der Waals surface area contributed by atoms with E-state index >= 15 is 0 Å². The highest BCUT2D eigenvalue weighted by molar-refractivity contribution is 5.41. The molecule has 1 fully saturated rings. The van der Waals surface area contributed by atoms with Gasteiger partial charge in [0.15, 0.2) is 0 Å². The van der Waals surface area contributed by atoms with Gasteiger partial charge in [-0.2, -0.15) is 0 Å². The molecule has 0 aliphatic carbocycles. The summed E-state index contributed by atoms with van der Waals surface area (Å²) in [6.45, 7) is 4.95. The van der Waals surface area contributed by atoms with Crippen molar-refractivity contribution in [1.82, 2.24) is 15.0 Å². The Morgan fingerprint density at radius 1 is 1.05 bits per heavy atom. The maximum Gasteiger partial charge on any atom is 0.129 e. The molecule has 3 rings (SSSR count). The van der Waals surface area contributed by atoms with E-state index in [-0.39, 0.29) is 0 Å². The van der Waals surface area contributed by atoms with Crippen molar-refractivity contribution in [3.63, 3.8) is 0 Å². The van der Waals surface area contributed by atoms with Gasteiger partial charge in [0.2, 0.25) is 0 Å². The average molecular weight is 297 g/mol. The lowest BCUT2D eigenvalue weighted by atomic mass is 10.2. The van der Waals surface area contributed by atoms with E-state index in [0.29, 0.717) is 0 Å². The molecule has 1 aliphatic rings. The molecule has 2 aromatic rings. The van der Waals surface area contributed by atoms with Crippen LogP contribution in [0.5, 0.6) is 0 Å². The number of pyridine rings is 1. The third-order valence-electron chi connectivity index (χ3n) is 4.02. The zero-order chi connectivity index (χ0) is 15.2. The number of anilines is 2. The predicted molar refractivity (Wildman–Crippen MR) is 89.0 cm³/mol. The van der Waals surface area contributed by atoms with Crippen molar-refractivity contribution < 1.29 is 0 Å². The van der Waals surface area contributed by atoms with Crippen LogP contribution in [0, 0.1) is 6.92 Å². The number of hydrogen-bond donors (Lipinski definition) is 1. The molecule has 0 unspecified atom stereocenters. The smallest absolute Gasteiger partial charge is 0.129 e. The number of aryl methyl sites for hydroxylation is 1. The van der Waals surface area contributed by atoms with Crippen molar-refractivity contribution in [2.75, 3.05) is 23.3 Å². The molecule has 0 amide bonds. The first-order chi connectivity index (χ1) is 10.8. The second-order valence-corrected chi connectivity index (χ2v) is 5.82. The van der Waals surface area contributed by atoms with Gasteiger partial charge in [-0.05, 0) is 31.4 Å². The van der Waals surface area contributed by atoms with Crippen LogP contribution in [-0.4, -0.2) is 28.0 Å². The number of nitrogens with zero attached hydrogens (tertiary/aromatic N) is 4. The molecule has 2 aromatic heterocycles. The minimum atomic E-state index is 0.726. The van der Waals surface area contributed by atoms with Crippen molar-refractivity contribution in [2.24, 2.45) is 0 Å². The lowest BCUT2D eigenvalue weighted by molar-refractivity contribution is 0.726. The SMILES string of the molecule is Cc1cc(NCc2ccc(N3CCCCCC3)nc2)ncn1. The Labute approximate surface area is 131 Å². The molecular formula is C17H23N5. The van der Waals surface area contributed by atoms with Crippen LogP contribution in [0.25, 0.3) is 0 Å². The average Bonchev–Trinajstić information content (AvgIpc) is 2.83. The Kier molecular flexibility index (Phi) is 4.83. The summed E-state index contributed by atoms with van der Waals surface area (Å²) in [5.74, 6) is 1.95. The van der Waals surface area contributed by atoms with Crippen molar-refractivity contribution in [3.8, 4) is 0 Å². The zero-order valence-corrected chi connectivity index (χ0v) is 13.1. The number of rotatable bonds is 4. The van der Waals surface area contributed by atoms with E-state index in [2.05, 4.69) is 37.3 Å². The minimum absolute atomic E-state index is 0.726. The van der Waals surface area contributed by atoms with Crippen LogP contribution in [0.1, 0.15) is 36.9 Å². The van der Waals surface area contributed by atoms with Gasteiger partial charge < -0.3 is 10.2 Å². The summed E-state index contributed by atoms with van der Waals surface area (Å²) in [5.41, 5.74) is 2.13. The fraction of sp³-hybridized carbons (Fsp3) is 0.471. The van der Waals surface area contributed by atoms with Gasteiger partial charge in [-0.15, -0.1) is 0 Å². The van der Waals surface area contributed by atoms with Crippen LogP contribution < -0.4 is 10.2 Å². The summed E-state index contributed by atoms with van der Waals surface area (Å²) in [6.07, 6.45) is 8.78. The molecule has 0 aromatic carbocycles. The highest BCUT2D eigenvalue weighted by Crippen LogP contribution is 2.17. The van der Waals surface area contributed by atoms with Crippen LogP contribution in [0.15, 0.2) is 30.7 Å². The maximum atomic E-state index is 4.63. The second-order valence-electron chi connectivity index (χ2n) is 5.82. The highest BCUT2D eigenvalue weighted by Gasteiger charge is 2.10. The van der Waals surface area contributed by atoms with Crippen LogP contribution in [-0.2, 0) is 6.54 Å². The molecule has 0 saturated carbocycles. The fourth-order valence-electron chi connectivity index (χ4n) is 2.75. The topological polar surface area (TPSA) is 53.9 Å². The van der Waals surface area contributed by atoms with E-state index in [1.54, 1.807) is 6.33 Å². The zero-order valence-electron chi connectivity index (χ0n) is 13.1. The van der Waals surface area contributed by atoms with Crippen LogP contribution in [0.4, 0.5) is 11.6 Å². The van der Waals surface area contributed by atoms with Crippen molar-refractivity contribution in [2.45, 2.75) is 39.2 Å². The molecule has 0 radical (unpaired) electrons. The number of nitrogens with one attached hydrogen (secondary N) is 1. The molecule has 1 aliphatic heterocycles. The van der Waals surface area contributed by atoms with Gasteiger partial charge in [-0.1, -0.05) is 18.9 Å². The molecule has 1 saturated heterocycles. The van der Waals surface area contributed by atoms with E-state index in [1.165, 1.54) is 25.7 Å². The first kappa shape index (κ1) is 14.8. The highest BCUT2D eigenvalue weighted by atomic mass is 15.2. The van der Waals surface area contributed by atoms with Crippen molar-refractivity contribution in [3.05, 3.63) is 42.0 Å². The van der Waals surface area contributed by atoms with E-state index in [4.69, 9.17) is 0 Å². The fourth-order valence-corrected chi connectivity index (χ4v) is 2.75. The Hall–Kier alpha value is -2.17. The van der Waals surface area contributed by atoms with Gasteiger partial charge in [0.1, 0.15) is 18.0 Å². The summed E-state index contributed by atoms with van der Waals surface area (Å²) in [6, 6.07) is 6.22. The van der Waals surface area contributed by atoms with Gasteiger partial charge >= 0.3 is 0 Å². The van der Waals surface area contributed by atoms with Gasteiger partial charge in [-0.3, -0.25) is 0 Å². The Morgan fingerprint density at radius 3 is 2.55 bits per heavy atom. The van der Waals surface area contributed by atoms with Gasteiger partial charge in [0.05, 0.1) is 0 Å². The summed E-state index contributed by atoms with van der Waals surface area (Å²) in [7, 11) is 0. The lowest BCUT2D eigenvalue weighted by Crippen LogP contribution is -2.24. The standard InChI is InChI=1S/C17H23N5/c1-14-10-16(21-13-20-14)18-11-15-6-7-17(19-12-15)22-8-4-2-3-5-9-22/h6-7,10,12-13H,2-5,8-9,11H2,1H3,(H,18,20,21). The number of hydrogen-bond acceptors (Lipinski definition) is 5. The summed E-state index contributed by atoms with van der Waals surface area (Å²) in [4.78, 5) is 15.3. The van der Waals surface area contributed by atoms with Gasteiger partial charge in [0, 0.05) is 37.6 Å². The molecule has 0 bridgehead atoms. The molecular weight excluding hydrogens is 274 g/mol. The summed E-state index contributed by atoms with van der Waals surface area (Å²) >= 11 is 0. The van der Waals surface area contributed by atoms with E-state index in [1.807, 2.05) is 19.2 Å². The molecule has 22 heavy (non-hydrogen) atoms. The molecule has 5 nitrogen and oxygen atoms in total. The Morgan fingerprint density at radius 2 is 1.86 bits per heavy atom. The minimum Gasteiger partial charge on any atom is -0.366 e. The van der Waals surface area contributed by atoms with Crippen LogP contribution >= 0.6 is 0 Å². The van der Waals surface area contributed by atoms with Crippen LogP contribution in [0.2, 0.25) is 0 Å². The van der Waals surface area contributed by atoms with Crippen LogP contribution in [0.3, 0.4) is 0 Å². The first-order valence-electron chi connectivity index (χ1n) is 8.04. The van der Waals surface area contributed by atoms with E-state index in [9.17, 15) is 0 Å². The van der Waals surface area contributed by atoms with Gasteiger partial charge in [-0.25, -0.2) is 15.0 Å². The predicted octanol–water partition coefficient (Wildman–Crippen LogP) is 3.17. The molecule has 0 atom stereocenters. The molecule has 5 heteroatoms. The van der Waals surface area contributed by atoms with E-state index < -0.39 is 0 Å². The molecule has 1 N–H and O–H groups in total. The third-order valence-corrected chi connectivity index (χ3v) is 4.02. The maximum absolute atomic E-state index is 4.63. The largest absolute Gasteiger partial charge is 0.366 e. The van der Waals surface area contributed by atoms with Crippen molar-refractivity contribution in [1.29, 1.82) is 0 Å². The number of aromatic nitrogens is 3. The Balaban J connectivity index is 1.59. The summed E-state index contributed by atoms with van der Waals surface area (Å²) in [5, 5.41) is 3.31. The Bertz CT molecular complexity index is 588. The van der Waals surface area contributed by atoms with E-state index in [0.717, 1.165) is 42.5 Å². The molecule has 116 valence electrons. The second kappa shape index (κ2) is 7.20. The lowest BCUT2D eigenvalue weighted by Gasteiger charge is -2.21. The first-order valence-corrected chi connectivity index (χ1v) is 8.04. The molecule has 3 heterocycles.